The summed E-state index contributed by atoms with van der Waals surface area (Å²) < 4.78 is 0. The van der Waals surface area contributed by atoms with Gasteiger partial charge in [0, 0.05) is 18.3 Å². The van der Waals surface area contributed by atoms with Crippen molar-refractivity contribution in [2.24, 2.45) is 10.8 Å². The summed E-state index contributed by atoms with van der Waals surface area (Å²) in [5.41, 5.74) is -3.44. The summed E-state index contributed by atoms with van der Waals surface area (Å²) in [5.74, 6) is -1.16. The Hall–Kier alpha value is -1.29. The molecule has 18 heavy (non-hydrogen) atoms. The van der Waals surface area contributed by atoms with Crippen molar-refractivity contribution in [3.63, 3.8) is 0 Å². The molecule has 1 N–H and O–H groups in total. The van der Waals surface area contributed by atoms with Crippen molar-refractivity contribution in [1.82, 2.24) is 0 Å². The van der Waals surface area contributed by atoms with Gasteiger partial charge >= 0.3 is 0 Å². The number of Topliss-reactive ketones (excluding diaryl/α,β-unsaturated/α-hetero) is 2. The molecule has 0 aromatic heterocycles. The first-order valence-corrected chi connectivity index (χ1v) is 6.08. The van der Waals surface area contributed by atoms with Crippen LogP contribution in [0.1, 0.15) is 40.5 Å². The van der Waals surface area contributed by atoms with Crippen molar-refractivity contribution < 1.29 is 19.5 Å². The summed E-state index contributed by atoms with van der Waals surface area (Å²) in [6, 6.07) is 0. The van der Waals surface area contributed by atoms with Crippen LogP contribution in [-0.4, -0.2) is 28.1 Å². The Labute approximate surface area is 106 Å². The molecule has 0 bridgehead atoms. The molecule has 0 aliphatic heterocycles. The van der Waals surface area contributed by atoms with Crippen LogP contribution in [0.4, 0.5) is 0 Å². The molecule has 2 aliphatic rings. The molecular weight excluding hydrogens is 232 g/mol. The topological polar surface area (TPSA) is 71.4 Å². The molecule has 98 valence electrons. The molecule has 1 fully saturated rings. The maximum Gasteiger partial charge on any atom is 0.198 e. The third-order valence-electron chi connectivity index (χ3n) is 4.87. The van der Waals surface area contributed by atoms with Gasteiger partial charge in [0.05, 0.1) is 0 Å². The Morgan fingerprint density at radius 3 is 2.00 bits per heavy atom. The second kappa shape index (κ2) is 3.38. The van der Waals surface area contributed by atoms with E-state index >= 15 is 0 Å². The van der Waals surface area contributed by atoms with E-state index in [0.29, 0.717) is 0 Å². The van der Waals surface area contributed by atoms with Gasteiger partial charge in [-0.05, 0) is 24.0 Å². The molecule has 2 aliphatic carbocycles. The molecule has 2 atom stereocenters. The molecule has 0 amide bonds. The molecule has 0 saturated heterocycles. The van der Waals surface area contributed by atoms with Gasteiger partial charge in [0.25, 0.3) is 0 Å². The smallest absolute Gasteiger partial charge is 0.198 e. The fourth-order valence-electron chi connectivity index (χ4n) is 3.29. The van der Waals surface area contributed by atoms with Crippen molar-refractivity contribution in [3.05, 3.63) is 11.6 Å². The summed E-state index contributed by atoms with van der Waals surface area (Å²) >= 11 is 0. The van der Waals surface area contributed by atoms with E-state index in [4.69, 9.17) is 0 Å². The van der Waals surface area contributed by atoms with Gasteiger partial charge in [0.15, 0.2) is 17.2 Å². The van der Waals surface area contributed by atoms with Gasteiger partial charge in [-0.1, -0.05) is 20.8 Å². The van der Waals surface area contributed by atoms with Crippen molar-refractivity contribution in [3.8, 4) is 0 Å². The summed E-state index contributed by atoms with van der Waals surface area (Å²) in [6.45, 7) is 6.83. The highest BCUT2D eigenvalue weighted by Crippen LogP contribution is 2.58. The first kappa shape index (κ1) is 13.1. The Kier molecular flexibility index (Phi) is 2.47. The molecule has 0 aromatic rings. The molecule has 0 heterocycles. The van der Waals surface area contributed by atoms with Gasteiger partial charge in [-0.15, -0.1) is 0 Å². The summed E-state index contributed by atoms with van der Waals surface area (Å²) in [4.78, 5) is 35.9. The van der Waals surface area contributed by atoms with Gasteiger partial charge in [0.2, 0.25) is 0 Å². The average Bonchev–Trinajstić information content (AvgIpc) is 2.55. The molecule has 4 heteroatoms. The fourth-order valence-corrected chi connectivity index (χ4v) is 3.29. The van der Waals surface area contributed by atoms with Crippen molar-refractivity contribution in [2.75, 3.05) is 0 Å². The van der Waals surface area contributed by atoms with E-state index in [0.717, 1.165) is 0 Å². The van der Waals surface area contributed by atoms with Gasteiger partial charge in [-0.25, -0.2) is 0 Å². The minimum Gasteiger partial charge on any atom is -0.374 e. The lowest BCUT2D eigenvalue weighted by Crippen LogP contribution is -2.59. The second-order valence-corrected chi connectivity index (χ2v) is 6.34. The van der Waals surface area contributed by atoms with Crippen LogP contribution in [0.25, 0.3) is 0 Å². The van der Waals surface area contributed by atoms with E-state index < -0.39 is 28.0 Å². The molecule has 2 rings (SSSR count). The van der Waals surface area contributed by atoms with Crippen LogP contribution in [-0.2, 0) is 14.4 Å². The zero-order chi connectivity index (χ0) is 13.9. The maximum atomic E-state index is 12.2. The monoisotopic (exact) mass is 250 g/mol. The summed E-state index contributed by atoms with van der Waals surface area (Å²) in [6.07, 6.45) is 1.53. The molecule has 0 spiro atoms. The van der Waals surface area contributed by atoms with E-state index in [2.05, 4.69) is 0 Å². The lowest BCUT2D eigenvalue weighted by atomic mass is 9.58. The number of hydrogen-bond donors (Lipinski definition) is 1. The molecular formula is C14H18O4. The van der Waals surface area contributed by atoms with Crippen LogP contribution in [0, 0.1) is 10.8 Å². The Morgan fingerprint density at radius 1 is 1.11 bits per heavy atom. The van der Waals surface area contributed by atoms with Crippen LogP contribution in [0.15, 0.2) is 11.6 Å². The fraction of sp³-hybridized carbons (Fsp3) is 0.643. The third kappa shape index (κ3) is 1.27. The second-order valence-electron chi connectivity index (χ2n) is 6.34. The minimum absolute atomic E-state index is 0.0129. The van der Waals surface area contributed by atoms with Crippen LogP contribution in [0.5, 0.6) is 0 Å². The molecule has 0 aromatic carbocycles. The maximum absolute atomic E-state index is 12.2. The number of aliphatic hydroxyl groups is 1. The van der Waals surface area contributed by atoms with Crippen LogP contribution in [0.3, 0.4) is 0 Å². The first-order valence-electron chi connectivity index (χ1n) is 6.08. The van der Waals surface area contributed by atoms with E-state index in [1.165, 1.54) is 13.0 Å². The lowest BCUT2D eigenvalue weighted by Gasteiger charge is -2.46. The third-order valence-corrected chi connectivity index (χ3v) is 4.87. The van der Waals surface area contributed by atoms with Crippen LogP contribution < -0.4 is 0 Å². The number of rotatable bonds is 1. The van der Waals surface area contributed by atoms with Gasteiger partial charge in [-0.3, -0.25) is 14.4 Å². The number of ketones is 3. The Morgan fingerprint density at radius 2 is 1.67 bits per heavy atom. The van der Waals surface area contributed by atoms with E-state index in [-0.39, 0.29) is 24.2 Å². The minimum atomic E-state index is -2.08. The predicted molar refractivity (Wildman–Crippen MR) is 64.8 cm³/mol. The number of hydrogen-bond acceptors (Lipinski definition) is 4. The molecule has 4 nitrogen and oxygen atoms in total. The molecule has 1 saturated carbocycles. The van der Waals surface area contributed by atoms with Crippen molar-refractivity contribution in [1.29, 1.82) is 0 Å². The zero-order valence-electron chi connectivity index (χ0n) is 11.2. The van der Waals surface area contributed by atoms with E-state index in [1.807, 2.05) is 13.8 Å². The van der Waals surface area contributed by atoms with Crippen LogP contribution in [0.2, 0.25) is 0 Å². The molecule has 0 radical (unpaired) electrons. The summed E-state index contributed by atoms with van der Waals surface area (Å²) in [7, 11) is 0. The highest BCUT2D eigenvalue weighted by molar-refractivity contribution is 6.28. The lowest BCUT2D eigenvalue weighted by molar-refractivity contribution is -0.166. The zero-order valence-corrected chi connectivity index (χ0v) is 11.2. The Bertz CT molecular complexity index is 500. The first-order chi connectivity index (χ1) is 8.06. The number of carbonyl (C=O) groups is 3. The highest BCUT2D eigenvalue weighted by atomic mass is 16.3. The molecule has 0 unspecified atom stereocenters. The standard InChI is InChI=1S/C14H18O4/c1-8-5-10(16)14(18,11(8)17)13(4)7-9(15)6-12(13,2)3/h5,18H,6-7H2,1-4H3/t13-,14-/m0/s1. The quantitative estimate of drug-likeness (QED) is 0.710. The number of carbonyl (C=O) groups excluding carboxylic acids is 3. The van der Waals surface area contributed by atoms with Crippen LogP contribution >= 0.6 is 0 Å². The predicted octanol–water partition coefficient (Wildman–Crippen LogP) is 1.21. The summed E-state index contributed by atoms with van der Waals surface area (Å²) in [5, 5.41) is 10.7. The largest absolute Gasteiger partial charge is 0.374 e. The van der Waals surface area contributed by atoms with E-state index in [1.54, 1.807) is 6.92 Å². The van der Waals surface area contributed by atoms with Crippen molar-refractivity contribution >= 4 is 17.3 Å². The van der Waals surface area contributed by atoms with Gasteiger partial charge < -0.3 is 5.11 Å². The normalized spacial score (nSPS) is 39.4. The SMILES string of the molecule is CC1=CC(=O)[C@@](O)([C@@]2(C)CC(=O)CC2(C)C)C1=O. The van der Waals surface area contributed by atoms with Crippen molar-refractivity contribution in [2.45, 2.75) is 46.1 Å². The Balaban J connectivity index is 2.58. The average molecular weight is 250 g/mol. The van der Waals surface area contributed by atoms with E-state index in [9.17, 15) is 19.5 Å². The van der Waals surface area contributed by atoms with Gasteiger partial charge in [0.1, 0.15) is 5.78 Å². The highest BCUT2D eigenvalue weighted by Gasteiger charge is 2.68. The van der Waals surface area contributed by atoms with Gasteiger partial charge in [-0.2, -0.15) is 0 Å².